The minimum absolute atomic E-state index is 0.108. The highest BCUT2D eigenvalue weighted by molar-refractivity contribution is 7.01. The van der Waals surface area contributed by atoms with Crippen molar-refractivity contribution in [3.63, 3.8) is 0 Å². The summed E-state index contributed by atoms with van der Waals surface area (Å²) >= 11 is 0. The predicted molar refractivity (Wildman–Crippen MR) is 171 cm³/mol. The largest absolute Gasteiger partial charge is 0.385 e. The molecule has 0 radical (unpaired) electrons. The Kier molecular flexibility index (Phi) is 7.03. The number of hydrogen-bond acceptors (Lipinski definition) is 2. The first-order valence-corrected chi connectivity index (χ1v) is 18.1. The molecule has 0 saturated heterocycles. The molecule has 3 aromatic carbocycles. The molecule has 0 aromatic heterocycles. The van der Waals surface area contributed by atoms with Gasteiger partial charge in [-0.25, -0.2) is 4.58 Å². The summed E-state index contributed by atoms with van der Waals surface area (Å²) in [4.78, 5) is 15.8. The zero-order valence-electron chi connectivity index (χ0n) is 24.7. The molecule has 0 spiro atoms. The molecule has 3 heterocycles. The van der Waals surface area contributed by atoms with Crippen LogP contribution in [0, 0.1) is 0 Å². The summed E-state index contributed by atoms with van der Waals surface area (Å²) < 4.78 is 2.48. The number of anilines is 1. The highest BCUT2D eigenvalue weighted by atomic mass is 28.3. The van der Waals surface area contributed by atoms with Gasteiger partial charge in [0.2, 0.25) is 5.36 Å². The van der Waals surface area contributed by atoms with E-state index in [0.717, 1.165) is 63.0 Å². The van der Waals surface area contributed by atoms with Gasteiger partial charge in [0, 0.05) is 43.0 Å². The lowest BCUT2D eigenvalue weighted by Gasteiger charge is -2.35. The summed E-state index contributed by atoms with van der Waals surface area (Å²) in [6, 6.07) is 18.2. The summed E-state index contributed by atoms with van der Waals surface area (Å²) in [5.74, 6) is 0.108. The van der Waals surface area contributed by atoms with Crippen LogP contribution in [0.4, 0.5) is 5.69 Å². The molecule has 206 valence electrons. The van der Waals surface area contributed by atoms with Gasteiger partial charge in [-0.15, -0.1) is 0 Å². The Morgan fingerprint density at radius 1 is 1.05 bits per heavy atom. The van der Waals surface area contributed by atoms with Crippen LogP contribution in [0.2, 0.25) is 13.1 Å². The van der Waals surface area contributed by atoms with Gasteiger partial charge < -0.3 is 10.2 Å². The van der Waals surface area contributed by atoms with Gasteiger partial charge in [-0.1, -0.05) is 44.6 Å². The maximum Gasteiger partial charge on any atom is 0.254 e. The summed E-state index contributed by atoms with van der Waals surface area (Å²) in [6.07, 6.45) is 8.90. The molecule has 0 aliphatic carbocycles. The molecule has 1 N–H and O–H groups in total. The smallest absolute Gasteiger partial charge is 0.254 e. The predicted octanol–water partition coefficient (Wildman–Crippen LogP) is 3.84. The SMILES string of the molecule is CCCCN(C)C(=O)c1ccccc1C1=c2cc3c(cc2[Si](C)(C)c2cc4c(cc21)CCCN4)=[N+](CC)CC=C3. The van der Waals surface area contributed by atoms with Crippen LogP contribution in [0.1, 0.15) is 65.7 Å². The molecule has 0 bridgehead atoms. The molecule has 3 aliphatic rings. The summed E-state index contributed by atoms with van der Waals surface area (Å²) in [5.41, 5.74) is 8.38. The van der Waals surface area contributed by atoms with Gasteiger partial charge in [-0.3, -0.25) is 4.79 Å². The first kappa shape index (κ1) is 26.8. The van der Waals surface area contributed by atoms with Crippen LogP contribution in [-0.2, 0) is 6.42 Å². The van der Waals surface area contributed by atoms with Gasteiger partial charge in [0.25, 0.3) is 5.91 Å². The molecular formula is C35H42N3OSi+. The van der Waals surface area contributed by atoms with E-state index < -0.39 is 8.07 Å². The molecule has 0 atom stereocenters. The normalized spacial score (nSPS) is 16.4. The summed E-state index contributed by atoms with van der Waals surface area (Å²) in [6.45, 7) is 13.2. The topological polar surface area (TPSA) is 35.4 Å². The number of carbonyl (C=O) groups is 1. The number of nitrogens with zero attached hydrogens (tertiary/aromatic N) is 2. The van der Waals surface area contributed by atoms with Gasteiger partial charge >= 0.3 is 0 Å². The van der Waals surface area contributed by atoms with Gasteiger partial charge in [0.1, 0.15) is 14.6 Å². The average Bonchev–Trinajstić information content (AvgIpc) is 2.98. The maximum absolute atomic E-state index is 13.9. The molecular weight excluding hydrogens is 506 g/mol. The van der Waals surface area contributed by atoms with Crippen molar-refractivity contribution in [1.29, 1.82) is 0 Å². The van der Waals surface area contributed by atoms with Crippen molar-refractivity contribution in [2.45, 2.75) is 52.6 Å². The quantitative estimate of drug-likeness (QED) is 0.375. The highest BCUT2D eigenvalue weighted by Gasteiger charge is 2.38. The Morgan fingerprint density at radius 2 is 1.88 bits per heavy atom. The molecule has 40 heavy (non-hydrogen) atoms. The molecule has 3 aliphatic heterocycles. The molecule has 0 unspecified atom stereocenters. The zero-order valence-corrected chi connectivity index (χ0v) is 25.7. The summed E-state index contributed by atoms with van der Waals surface area (Å²) in [7, 11) is -0.113. The fourth-order valence-electron chi connectivity index (χ4n) is 6.85. The number of aryl methyl sites for hydroxylation is 1. The maximum atomic E-state index is 13.9. The van der Waals surface area contributed by atoms with Crippen molar-refractivity contribution < 1.29 is 4.79 Å². The molecule has 0 saturated carbocycles. The third kappa shape index (κ3) is 4.35. The number of nitrogens with one attached hydrogen (secondary N) is 1. The fourth-order valence-corrected chi connectivity index (χ4v) is 9.89. The van der Waals surface area contributed by atoms with Gasteiger partial charge in [-0.05, 0) is 100 Å². The van der Waals surface area contributed by atoms with Crippen LogP contribution in [0.25, 0.3) is 11.6 Å². The van der Waals surface area contributed by atoms with Crippen molar-refractivity contribution >= 4 is 41.7 Å². The van der Waals surface area contributed by atoms with E-state index in [2.05, 4.69) is 85.4 Å². The van der Waals surface area contributed by atoms with Crippen molar-refractivity contribution in [3.8, 4) is 0 Å². The van der Waals surface area contributed by atoms with E-state index >= 15 is 0 Å². The van der Waals surface area contributed by atoms with Crippen LogP contribution < -0.4 is 30.8 Å². The molecule has 1 amide bonds. The Hall–Kier alpha value is -3.44. The molecule has 3 aromatic rings. The Labute approximate surface area is 239 Å². The van der Waals surface area contributed by atoms with Crippen LogP contribution in [0.5, 0.6) is 0 Å². The third-order valence-electron chi connectivity index (χ3n) is 9.20. The lowest BCUT2D eigenvalue weighted by atomic mass is 9.88. The number of amides is 1. The van der Waals surface area contributed by atoms with Crippen molar-refractivity contribution in [2.75, 3.05) is 38.5 Å². The van der Waals surface area contributed by atoms with E-state index in [1.165, 1.54) is 48.9 Å². The number of likely N-dealkylation sites (N-methyl/N-ethyl adjacent to an activating group) is 1. The lowest BCUT2D eigenvalue weighted by molar-refractivity contribution is 0.0793. The van der Waals surface area contributed by atoms with Gasteiger partial charge in [0.05, 0.1) is 0 Å². The van der Waals surface area contributed by atoms with Crippen LogP contribution >= 0.6 is 0 Å². The highest BCUT2D eigenvalue weighted by Crippen LogP contribution is 2.32. The average molecular weight is 549 g/mol. The first-order valence-electron chi connectivity index (χ1n) is 15.1. The van der Waals surface area contributed by atoms with Crippen LogP contribution in [0.3, 0.4) is 0 Å². The molecule has 5 heteroatoms. The molecule has 4 nitrogen and oxygen atoms in total. The second-order valence-corrected chi connectivity index (χ2v) is 16.4. The minimum Gasteiger partial charge on any atom is -0.385 e. The van der Waals surface area contributed by atoms with E-state index in [1.54, 1.807) is 0 Å². The lowest BCUT2D eigenvalue weighted by Crippen LogP contribution is -2.64. The minimum atomic E-state index is -2.06. The fraction of sp³-hybridized carbons (Fsp3) is 0.371. The molecule has 0 fully saturated rings. The van der Waals surface area contributed by atoms with Crippen LogP contribution in [0.15, 0.2) is 54.6 Å². The van der Waals surface area contributed by atoms with E-state index in [0.29, 0.717) is 0 Å². The number of unbranched alkanes of at least 4 members (excludes halogenated alkanes) is 1. The zero-order chi connectivity index (χ0) is 28.0. The number of fused-ring (bicyclic) bond motifs is 4. The summed E-state index contributed by atoms with van der Waals surface area (Å²) in [5, 5.41) is 9.29. The van der Waals surface area contributed by atoms with Crippen LogP contribution in [-0.4, -0.2) is 52.1 Å². The van der Waals surface area contributed by atoms with Crippen molar-refractivity contribution in [2.24, 2.45) is 0 Å². The Bertz CT molecular complexity index is 1670. The number of benzene rings is 3. The van der Waals surface area contributed by atoms with E-state index in [-0.39, 0.29) is 5.91 Å². The number of hydrogen-bond donors (Lipinski definition) is 1. The van der Waals surface area contributed by atoms with E-state index in [4.69, 9.17) is 0 Å². The number of carbonyl (C=O) groups excluding carboxylic acids is 1. The first-order chi connectivity index (χ1) is 19.3. The second kappa shape index (κ2) is 10.5. The Balaban J connectivity index is 1.71. The monoisotopic (exact) mass is 548 g/mol. The Morgan fingerprint density at radius 3 is 2.67 bits per heavy atom. The second-order valence-electron chi connectivity index (χ2n) is 12.1. The number of rotatable bonds is 6. The van der Waals surface area contributed by atoms with Crippen molar-refractivity contribution in [1.82, 2.24) is 9.48 Å². The molecule has 6 rings (SSSR count). The van der Waals surface area contributed by atoms with Crippen molar-refractivity contribution in [3.05, 3.63) is 93.0 Å². The van der Waals surface area contributed by atoms with E-state index in [1.807, 2.05) is 24.1 Å². The van der Waals surface area contributed by atoms with Gasteiger partial charge in [-0.2, -0.15) is 0 Å². The van der Waals surface area contributed by atoms with E-state index in [9.17, 15) is 4.79 Å². The standard InChI is InChI=1S/C35H41N3OSi/c1-6-8-18-37(3)35(39)27-16-10-9-15-26(27)34-28-20-24-13-11-17-36-30(24)22-32(28)40(4,5)33-23-31-25(21-29(33)34)14-12-19-38(31)7-2/h9-10,12,14-16,20-23H,6-8,11,13,17-19H2,1-5H3/p+1. The van der Waals surface area contributed by atoms with Gasteiger partial charge in [0.15, 0.2) is 6.54 Å². The third-order valence-corrected chi connectivity index (χ3v) is 12.7.